The molecule has 0 saturated carbocycles. The smallest absolute Gasteiger partial charge is 0.260 e. The molecule has 0 aliphatic carbocycles. The van der Waals surface area contributed by atoms with Crippen molar-refractivity contribution in [1.82, 2.24) is 9.80 Å². The highest BCUT2D eigenvalue weighted by Crippen LogP contribution is 2.17. The highest BCUT2D eigenvalue weighted by atomic mass is 32.1. The Morgan fingerprint density at radius 2 is 1.63 bits per heavy atom. The number of carbonyl (C=O) groups excluding carboxylic acids is 2. The summed E-state index contributed by atoms with van der Waals surface area (Å²) in [6, 6.07) is 14.9. The third-order valence-electron chi connectivity index (χ3n) is 4.65. The number of thiol groups is 1. The van der Waals surface area contributed by atoms with Crippen molar-refractivity contribution >= 4 is 24.4 Å². The molecule has 0 aromatic heterocycles. The zero-order valence-electron chi connectivity index (χ0n) is 15.4. The van der Waals surface area contributed by atoms with Crippen LogP contribution in [0.15, 0.2) is 53.4 Å². The number of amides is 2. The molecule has 0 radical (unpaired) electrons. The van der Waals surface area contributed by atoms with Gasteiger partial charge < -0.3 is 14.5 Å². The van der Waals surface area contributed by atoms with Crippen molar-refractivity contribution in [2.75, 3.05) is 32.8 Å². The van der Waals surface area contributed by atoms with Gasteiger partial charge in [-0.1, -0.05) is 29.8 Å². The molecule has 1 heterocycles. The molecular weight excluding hydrogens is 360 g/mol. The number of nitrogens with zero attached hydrogens (tertiary/aromatic N) is 2. The minimum absolute atomic E-state index is 0.0104. The maximum absolute atomic E-state index is 12.7. The molecule has 0 N–H and O–H groups in total. The van der Waals surface area contributed by atoms with E-state index in [9.17, 15) is 9.59 Å². The van der Waals surface area contributed by atoms with E-state index in [1.165, 1.54) is 0 Å². The Kier molecular flexibility index (Phi) is 6.40. The molecule has 27 heavy (non-hydrogen) atoms. The molecule has 0 bridgehead atoms. The molecule has 1 aliphatic rings. The number of hydrogen-bond donors (Lipinski definition) is 1. The Bertz CT molecular complexity index is 807. The number of ether oxygens (including phenoxy) is 1. The van der Waals surface area contributed by atoms with E-state index in [2.05, 4.69) is 12.6 Å². The molecule has 2 aromatic rings. The second kappa shape index (κ2) is 8.95. The van der Waals surface area contributed by atoms with Gasteiger partial charge in [-0.2, -0.15) is 0 Å². The monoisotopic (exact) mass is 384 g/mol. The maximum Gasteiger partial charge on any atom is 0.260 e. The molecule has 3 rings (SSSR count). The van der Waals surface area contributed by atoms with Crippen LogP contribution in [-0.2, 0) is 4.79 Å². The molecule has 1 fully saturated rings. The number of carbonyl (C=O) groups is 2. The minimum Gasteiger partial charge on any atom is -0.484 e. The highest BCUT2D eigenvalue weighted by molar-refractivity contribution is 7.80. The van der Waals surface area contributed by atoms with Crippen LogP contribution in [0.2, 0.25) is 0 Å². The first kappa shape index (κ1) is 19.3. The first-order valence-electron chi connectivity index (χ1n) is 9.09. The topological polar surface area (TPSA) is 49.9 Å². The molecule has 2 aromatic carbocycles. The fourth-order valence-electron chi connectivity index (χ4n) is 3.07. The lowest BCUT2D eigenvalue weighted by atomic mass is 10.2. The Morgan fingerprint density at radius 3 is 2.37 bits per heavy atom. The molecule has 0 atom stereocenters. The fraction of sp³-hybridized carbons (Fsp3) is 0.333. The van der Waals surface area contributed by atoms with Crippen LogP contribution in [0.25, 0.3) is 0 Å². The first-order chi connectivity index (χ1) is 13.0. The summed E-state index contributed by atoms with van der Waals surface area (Å²) in [5, 5.41) is 0. The van der Waals surface area contributed by atoms with Crippen molar-refractivity contribution in [3.05, 3.63) is 59.7 Å². The van der Waals surface area contributed by atoms with Crippen molar-refractivity contribution < 1.29 is 14.3 Å². The van der Waals surface area contributed by atoms with E-state index in [1.54, 1.807) is 15.9 Å². The number of hydrogen-bond acceptors (Lipinski definition) is 4. The molecule has 5 nitrogen and oxygen atoms in total. The van der Waals surface area contributed by atoms with Crippen LogP contribution in [0.4, 0.5) is 0 Å². The molecule has 0 spiro atoms. The van der Waals surface area contributed by atoms with E-state index in [0.717, 1.165) is 12.0 Å². The Hall–Kier alpha value is -2.47. The average Bonchev–Trinajstić information content (AvgIpc) is 2.93. The van der Waals surface area contributed by atoms with Crippen LogP contribution >= 0.6 is 12.6 Å². The predicted molar refractivity (Wildman–Crippen MR) is 107 cm³/mol. The summed E-state index contributed by atoms with van der Waals surface area (Å²) in [5.74, 6) is 0.594. The largest absolute Gasteiger partial charge is 0.484 e. The minimum atomic E-state index is -0.0560. The van der Waals surface area contributed by atoms with Gasteiger partial charge >= 0.3 is 0 Å². The van der Waals surface area contributed by atoms with Gasteiger partial charge in [-0.3, -0.25) is 9.59 Å². The van der Waals surface area contributed by atoms with Crippen LogP contribution < -0.4 is 4.74 Å². The number of rotatable bonds is 4. The van der Waals surface area contributed by atoms with Gasteiger partial charge in [-0.25, -0.2) is 0 Å². The van der Waals surface area contributed by atoms with Gasteiger partial charge in [0.2, 0.25) is 0 Å². The van der Waals surface area contributed by atoms with Crippen LogP contribution in [-0.4, -0.2) is 54.4 Å². The van der Waals surface area contributed by atoms with Crippen molar-refractivity contribution in [3.8, 4) is 5.75 Å². The quantitative estimate of drug-likeness (QED) is 0.825. The van der Waals surface area contributed by atoms with E-state index in [1.807, 2.05) is 49.4 Å². The summed E-state index contributed by atoms with van der Waals surface area (Å²) in [6.07, 6.45) is 0.747. The molecule has 6 heteroatoms. The Balaban J connectivity index is 1.54. The van der Waals surface area contributed by atoms with Crippen LogP contribution in [0.1, 0.15) is 22.3 Å². The van der Waals surface area contributed by atoms with E-state index in [-0.39, 0.29) is 18.4 Å². The number of benzene rings is 2. The van der Waals surface area contributed by atoms with Crippen LogP contribution in [0.5, 0.6) is 5.75 Å². The van der Waals surface area contributed by atoms with Gasteiger partial charge in [-0.15, -0.1) is 12.6 Å². The van der Waals surface area contributed by atoms with Gasteiger partial charge in [0, 0.05) is 31.1 Å². The standard InChI is InChI=1S/C21H24N2O3S/c1-16-7-9-17(10-8-16)26-15-20(24)22-11-4-12-23(14-13-22)21(25)18-5-2-3-6-19(18)27/h2-3,5-10,27H,4,11-15H2,1H3. The average molecular weight is 385 g/mol. The van der Waals surface area contributed by atoms with E-state index in [0.29, 0.717) is 42.4 Å². The maximum atomic E-state index is 12.7. The fourth-order valence-corrected chi connectivity index (χ4v) is 3.32. The van der Waals surface area contributed by atoms with Crippen molar-refractivity contribution in [1.29, 1.82) is 0 Å². The highest BCUT2D eigenvalue weighted by Gasteiger charge is 2.23. The van der Waals surface area contributed by atoms with Gasteiger partial charge in [0.15, 0.2) is 6.61 Å². The third-order valence-corrected chi connectivity index (χ3v) is 5.04. The van der Waals surface area contributed by atoms with Gasteiger partial charge in [0.05, 0.1) is 5.56 Å². The Labute approximate surface area is 165 Å². The van der Waals surface area contributed by atoms with E-state index in [4.69, 9.17) is 4.74 Å². The molecule has 2 amide bonds. The lowest BCUT2D eigenvalue weighted by Crippen LogP contribution is -2.39. The summed E-state index contributed by atoms with van der Waals surface area (Å²) in [5.41, 5.74) is 1.75. The van der Waals surface area contributed by atoms with Gasteiger partial charge in [0.1, 0.15) is 5.75 Å². The third kappa shape index (κ3) is 5.04. The van der Waals surface area contributed by atoms with Crippen molar-refractivity contribution in [2.24, 2.45) is 0 Å². The summed E-state index contributed by atoms with van der Waals surface area (Å²) in [6.45, 7) is 4.29. The van der Waals surface area contributed by atoms with E-state index >= 15 is 0 Å². The summed E-state index contributed by atoms with van der Waals surface area (Å²) in [4.78, 5) is 29.5. The van der Waals surface area contributed by atoms with Gasteiger partial charge in [-0.05, 0) is 37.6 Å². The van der Waals surface area contributed by atoms with E-state index < -0.39 is 0 Å². The zero-order chi connectivity index (χ0) is 19.2. The lowest BCUT2D eigenvalue weighted by molar-refractivity contribution is -0.133. The molecule has 1 saturated heterocycles. The number of aryl methyl sites for hydroxylation is 1. The normalized spacial score (nSPS) is 14.6. The molecule has 142 valence electrons. The predicted octanol–water partition coefficient (Wildman–Crippen LogP) is 3.04. The summed E-state index contributed by atoms with van der Waals surface area (Å²) >= 11 is 4.37. The van der Waals surface area contributed by atoms with Crippen LogP contribution in [0, 0.1) is 6.92 Å². The first-order valence-corrected chi connectivity index (χ1v) is 9.54. The molecule has 0 unspecified atom stereocenters. The zero-order valence-corrected chi connectivity index (χ0v) is 16.3. The Morgan fingerprint density at radius 1 is 0.963 bits per heavy atom. The van der Waals surface area contributed by atoms with Crippen molar-refractivity contribution in [2.45, 2.75) is 18.2 Å². The lowest BCUT2D eigenvalue weighted by Gasteiger charge is -2.22. The second-order valence-electron chi connectivity index (χ2n) is 6.65. The van der Waals surface area contributed by atoms with Crippen LogP contribution in [0.3, 0.4) is 0 Å². The second-order valence-corrected chi connectivity index (χ2v) is 7.13. The summed E-state index contributed by atoms with van der Waals surface area (Å²) < 4.78 is 5.59. The SMILES string of the molecule is Cc1ccc(OCC(=O)N2CCCN(C(=O)c3ccccc3S)CC2)cc1. The molecule has 1 aliphatic heterocycles. The molecular formula is C21H24N2O3S. The van der Waals surface area contributed by atoms with Gasteiger partial charge in [0.25, 0.3) is 11.8 Å². The van der Waals surface area contributed by atoms with Crippen molar-refractivity contribution in [3.63, 3.8) is 0 Å². The summed E-state index contributed by atoms with van der Waals surface area (Å²) in [7, 11) is 0.